The van der Waals surface area contributed by atoms with Gasteiger partial charge < -0.3 is 4.42 Å². The molecule has 0 N–H and O–H groups in total. The van der Waals surface area contributed by atoms with Gasteiger partial charge in [0.1, 0.15) is 18.1 Å². The molecule has 0 unspecified atom stereocenters. The number of hydrogen-bond donors (Lipinski definition) is 0. The largest absolute Gasteiger partial charge is 0.463 e. The lowest BCUT2D eigenvalue weighted by molar-refractivity contribution is -0.104. The average Bonchev–Trinajstić information content (AvgIpc) is 2.46. The van der Waals surface area contributed by atoms with Crippen LogP contribution >= 0.6 is 0 Å². The molecule has 19 heavy (non-hydrogen) atoms. The van der Waals surface area contributed by atoms with E-state index in [9.17, 15) is 9.59 Å². The first kappa shape index (κ1) is 11.4. The zero-order valence-corrected chi connectivity index (χ0v) is 10.00. The standard InChI is InChI=1S/C16H10O3/c17-9-3-5-12-10-19-16-13-6-2-1-4-11(13)7-8-14(16)15(12)18/h1-10H/b5-3+. The van der Waals surface area contributed by atoms with Crippen molar-refractivity contribution in [3.05, 3.63) is 64.5 Å². The molecule has 0 aliphatic heterocycles. The van der Waals surface area contributed by atoms with Crippen molar-refractivity contribution in [3.8, 4) is 0 Å². The van der Waals surface area contributed by atoms with E-state index in [1.54, 1.807) is 6.07 Å². The number of hydrogen-bond acceptors (Lipinski definition) is 3. The Morgan fingerprint density at radius 2 is 1.84 bits per heavy atom. The quantitative estimate of drug-likeness (QED) is 0.399. The molecule has 0 saturated carbocycles. The van der Waals surface area contributed by atoms with Gasteiger partial charge in [0.25, 0.3) is 0 Å². The van der Waals surface area contributed by atoms with E-state index in [4.69, 9.17) is 4.42 Å². The highest BCUT2D eigenvalue weighted by atomic mass is 16.3. The summed E-state index contributed by atoms with van der Waals surface area (Å²) in [6.45, 7) is 0. The van der Waals surface area contributed by atoms with Gasteiger partial charge in [-0.15, -0.1) is 0 Å². The van der Waals surface area contributed by atoms with Gasteiger partial charge in [-0.3, -0.25) is 9.59 Å². The van der Waals surface area contributed by atoms with Crippen molar-refractivity contribution in [2.75, 3.05) is 0 Å². The van der Waals surface area contributed by atoms with E-state index in [0.29, 0.717) is 22.8 Å². The molecular weight excluding hydrogens is 240 g/mol. The molecule has 0 aliphatic rings. The van der Waals surface area contributed by atoms with Gasteiger partial charge in [0.2, 0.25) is 0 Å². The van der Waals surface area contributed by atoms with Crippen molar-refractivity contribution in [1.82, 2.24) is 0 Å². The zero-order valence-electron chi connectivity index (χ0n) is 10.00. The highest BCUT2D eigenvalue weighted by Crippen LogP contribution is 2.23. The lowest BCUT2D eigenvalue weighted by Crippen LogP contribution is -2.04. The summed E-state index contributed by atoms with van der Waals surface area (Å²) in [6, 6.07) is 11.4. The Labute approximate surface area is 108 Å². The van der Waals surface area contributed by atoms with Crippen LogP contribution in [0.3, 0.4) is 0 Å². The Bertz CT molecular complexity index is 857. The average molecular weight is 250 g/mol. The minimum Gasteiger partial charge on any atom is -0.463 e. The molecule has 0 radical (unpaired) electrons. The van der Waals surface area contributed by atoms with Crippen molar-refractivity contribution in [1.29, 1.82) is 0 Å². The Morgan fingerprint density at radius 3 is 2.68 bits per heavy atom. The molecule has 1 aromatic heterocycles. The van der Waals surface area contributed by atoms with Crippen LogP contribution in [0.5, 0.6) is 0 Å². The van der Waals surface area contributed by atoms with Gasteiger partial charge in [-0.05, 0) is 23.6 Å². The third kappa shape index (κ3) is 1.85. The summed E-state index contributed by atoms with van der Waals surface area (Å²) in [5, 5.41) is 2.45. The fourth-order valence-corrected chi connectivity index (χ4v) is 2.14. The van der Waals surface area contributed by atoms with Gasteiger partial charge in [0.15, 0.2) is 5.43 Å². The molecule has 0 bridgehead atoms. The molecule has 0 amide bonds. The van der Waals surface area contributed by atoms with Crippen molar-refractivity contribution in [3.63, 3.8) is 0 Å². The lowest BCUT2D eigenvalue weighted by Gasteiger charge is -2.02. The molecule has 0 atom stereocenters. The van der Waals surface area contributed by atoms with E-state index >= 15 is 0 Å². The number of fused-ring (bicyclic) bond motifs is 3. The molecule has 0 fully saturated rings. The third-order valence-electron chi connectivity index (χ3n) is 3.04. The van der Waals surface area contributed by atoms with Gasteiger partial charge in [-0.2, -0.15) is 0 Å². The van der Waals surface area contributed by atoms with Crippen LogP contribution in [0.2, 0.25) is 0 Å². The molecule has 3 rings (SSSR count). The van der Waals surface area contributed by atoms with Gasteiger partial charge in [-0.1, -0.05) is 30.3 Å². The van der Waals surface area contributed by atoms with Gasteiger partial charge in [-0.25, -0.2) is 0 Å². The Balaban J connectivity index is 2.39. The molecule has 2 aromatic carbocycles. The summed E-state index contributed by atoms with van der Waals surface area (Å²) >= 11 is 0. The number of aldehydes is 1. The van der Waals surface area contributed by atoms with Crippen LogP contribution in [-0.4, -0.2) is 6.29 Å². The highest BCUT2D eigenvalue weighted by Gasteiger charge is 2.07. The molecule has 0 spiro atoms. The predicted octanol–water partition coefficient (Wildman–Crippen LogP) is 3.16. The first-order valence-corrected chi connectivity index (χ1v) is 5.86. The highest BCUT2D eigenvalue weighted by molar-refractivity contribution is 6.04. The van der Waals surface area contributed by atoms with Crippen LogP contribution in [0.25, 0.3) is 27.8 Å². The van der Waals surface area contributed by atoms with Crippen molar-refractivity contribution in [2.24, 2.45) is 0 Å². The summed E-state index contributed by atoms with van der Waals surface area (Å²) in [5.74, 6) is 0. The summed E-state index contributed by atoms with van der Waals surface area (Å²) in [4.78, 5) is 22.6. The maximum absolute atomic E-state index is 12.3. The monoisotopic (exact) mass is 250 g/mol. The molecule has 92 valence electrons. The first-order chi connectivity index (χ1) is 9.31. The molecule has 3 nitrogen and oxygen atoms in total. The third-order valence-corrected chi connectivity index (χ3v) is 3.04. The number of allylic oxidation sites excluding steroid dienone is 1. The van der Waals surface area contributed by atoms with E-state index in [-0.39, 0.29) is 5.43 Å². The molecule has 3 aromatic rings. The fraction of sp³-hybridized carbons (Fsp3) is 0. The second-order valence-corrected chi connectivity index (χ2v) is 4.18. The van der Waals surface area contributed by atoms with Crippen LogP contribution in [0.4, 0.5) is 0 Å². The second kappa shape index (κ2) is 4.53. The van der Waals surface area contributed by atoms with E-state index in [2.05, 4.69) is 0 Å². The van der Waals surface area contributed by atoms with Crippen molar-refractivity contribution in [2.45, 2.75) is 0 Å². The Hall–Kier alpha value is -2.68. The topological polar surface area (TPSA) is 47.3 Å². The zero-order chi connectivity index (χ0) is 13.2. The van der Waals surface area contributed by atoms with Gasteiger partial charge >= 0.3 is 0 Å². The number of carbonyl (C=O) groups is 1. The van der Waals surface area contributed by atoms with E-state index < -0.39 is 0 Å². The minimum atomic E-state index is -0.134. The van der Waals surface area contributed by atoms with Crippen LogP contribution < -0.4 is 5.43 Å². The smallest absolute Gasteiger partial charge is 0.199 e. The van der Waals surface area contributed by atoms with Crippen LogP contribution in [-0.2, 0) is 4.79 Å². The van der Waals surface area contributed by atoms with E-state index in [1.165, 1.54) is 18.4 Å². The molecule has 1 heterocycles. The van der Waals surface area contributed by atoms with Crippen molar-refractivity contribution < 1.29 is 9.21 Å². The predicted molar refractivity (Wildman–Crippen MR) is 75.1 cm³/mol. The minimum absolute atomic E-state index is 0.134. The Morgan fingerprint density at radius 1 is 1.00 bits per heavy atom. The second-order valence-electron chi connectivity index (χ2n) is 4.18. The van der Waals surface area contributed by atoms with Crippen LogP contribution in [0, 0.1) is 0 Å². The van der Waals surface area contributed by atoms with Crippen LogP contribution in [0.15, 0.2) is 57.9 Å². The summed E-state index contributed by atoms with van der Waals surface area (Å²) in [6.07, 6.45) is 4.74. The molecule has 0 saturated heterocycles. The first-order valence-electron chi connectivity index (χ1n) is 5.86. The molecule has 3 heteroatoms. The molecular formula is C16H10O3. The number of benzene rings is 2. The number of carbonyl (C=O) groups excluding carboxylic acids is 1. The molecule has 0 aliphatic carbocycles. The number of rotatable bonds is 2. The Kier molecular flexibility index (Phi) is 2.72. The lowest BCUT2D eigenvalue weighted by atomic mass is 10.1. The summed E-state index contributed by atoms with van der Waals surface area (Å²) in [5.41, 5.74) is 0.811. The maximum Gasteiger partial charge on any atom is 0.199 e. The SMILES string of the molecule is O=C/C=C/c1coc2c(ccc3ccccc32)c1=O. The van der Waals surface area contributed by atoms with Gasteiger partial charge in [0.05, 0.1) is 10.9 Å². The van der Waals surface area contributed by atoms with Gasteiger partial charge in [0, 0.05) is 5.39 Å². The van der Waals surface area contributed by atoms with Crippen LogP contribution in [0.1, 0.15) is 5.56 Å². The summed E-state index contributed by atoms with van der Waals surface area (Å²) in [7, 11) is 0. The normalized spacial score (nSPS) is 11.4. The fourth-order valence-electron chi connectivity index (χ4n) is 2.14. The van der Waals surface area contributed by atoms with E-state index in [1.807, 2.05) is 30.3 Å². The maximum atomic E-state index is 12.3. The van der Waals surface area contributed by atoms with E-state index in [0.717, 1.165) is 10.8 Å². The summed E-state index contributed by atoms with van der Waals surface area (Å²) < 4.78 is 5.57. The van der Waals surface area contributed by atoms with Crippen molar-refractivity contribution >= 4 is 34.1 Å².